The van der Waals surface area contributed by atoms with E-state index < -0.39 is 0 Å². The molecule has 1 atom stereocenters. The molecular weight excluding hydrogens is 382 g/mol. The molecule has 4 aromatic heterocycles. The molecule has 5 rings (SSSR count). The zero-order valence-corrected chi connectivity index (χ0v) is 16.8. The van der Waals surface area contributed by atoms with Crippen molar-refractivity contribution in [3.05, 3.63) is 59.6 Å². The van der Waals surface area contributed by atoms with Crippen LogP contribution in [0, 0.1) is 13.8 Å². The monoisotopic (exact) mass is 403 g/mol. The quantitative estimate of drug-likeness (QED) is 0.518. The molecule has 1 saturated heterocycles. The van der Waals surface area contributed by atoms with E-state index in [1.165, 1.54) is 0 Å². The van der Waals surface area contributed by atoms with Crippen LogP contribution in [0.2, 0.25) is 0 Å². The molecule has 30 heavy (non-hydrogen) atoms. The van der Waals surface area contributed by atoms with Crippen molar-refractivity contribution in [1.82, 2.24) is 34.6 Å². The van der Waals surface area contributed by atoms with Crippen LogP contribution in [0.3, 0.4) is 0 Å². The van der Waals surface area contributed by atoms with Crippen LogP contribution < -0.4 is 0 Å². The molecule has 0 spiro atoms. The van der Waals surface area contributed by atoms with Gasteiger partial charge in [-0.1, -0.05) is 5.16 Å². The molecule has 0 aromatic carbocycles. The summed E-state index contributed by atoms with van der Waals surface area (Å²) in [5, 5.41) is 8.44. The molecule has 0 bridgehead atoms. The van der Waals surface area contributed by atoms with Gasteiger partial charge in [0.05, 0.1) is 12.1 Å². The normalized spacial score (nSPS) is 16.9. The Labute approximate surface area is 172 Å². The number of carbonyl (C=O) groups is 1. The third-order valence-electron chi connectivity index (χ3n) is 5.43. The molecule has 1 amide bonds. The number of likely N-dealkylation sites (tertiary alicyclic amines) is 1. The van der Waals surface area contributed by atoms with Gasteiger partial charge in [0.2, 0.25) is 11.7 Å². The van der Waals surface area contributed by atoms with E-state index in [0.717, 1.165) is 29.8 Å². The molecule has 0 N–H and O–H groups in total. The molecule has 1 fully saturated rings. The fourth-order valence-electron chi connectivity index (χ4n) is 3.97. The number of carbonyl (C=O) groups excluding carboxylic acids is 1. The Balaban J connectivity index is 1.38. The van der Waals surface area contributed by atoms with Crippen LogP contribution in [0.25, 0.3) is 17.0 Å². The number of nitrogens with zero attached hydrogens (tertiary/aromatic N) is 7. The lowest BCUT2D eigenvalue weighted by Gasteiger charge is -2.30. The van der Waals surface area contributed by atoms with Gasteiger partial charge in [-0.2, -0.15) is 10.1 Å². The summed E-state index contributed by atoms with van der Waals surface area (Å²) in [4.78, 5) is 28.3. The first kappa shape index (κ1) is 18.4. The highest BCUT2D eigenvalue weighted by Crippen LogP contribution is 2.28. The van der Waals surface area contributed by atoms with E-state index in [0.29, 0.717) is 36.0 Å². The first-order valence-corrected chi connectivity index (χ1v) is 9.95. The van der Waals surface area contributed by atoms with Crippen LogP contribution in [0.1, 0.15) is 46.4 Å². The van der Waals surface area contributed by atoms with Crippen LogP contribution >= 0.6 is 0 Å². The zero-order valence-electron chi connectivity index (χ0n) is 16.8. The number of amides is 1. The minimum atomic E-state index is -0.0702. The summed E-state index contributed by atoms with van der Waals surface area (Å²) in [6.45, 7) is 5.08. The van der Waals surface area contributed by atoms with Gasteiger partial charge in [0.1, 0.15) is 5.56 Å². The Morgan fingerprint density at radius 3 is 2.97 bits per heavy atom. The van der Waals surface area contributed by atoms with Crippen molar-refractivity contribution in [2.45, 2.75) is 32.6 Å². The van der Waals surface area contributed by atoms with Gasteiger partial charge in [-0.05, 0) is 44.9 Å². The lowest BCUT2D eigenvalue weighted by atomic mass is 9.97. The van der Waals surface area contributed by atoms with Crippen molar-refractivity contribution in [1.29, 1.82) is 0 Å². The molecule has 1 aliphatic rings. The number of aryl methyl sites for hydroxylation is 2. The number of hydrogen-bond donors (Lipinski definition) is 0. The molecule has 9 heteroatoms. The molecule has 0 aliphatic carbocycles. The second-order valence-electron chi connectivity index (χ2n) is 7.62. The first-order chi connectivity index (χ1) is 14.6. The predicted molar refractivity (Wildman–Crippen MR) is 108 cm³/mol. The standard InChI is InChI=1S/C21H21N7O2/c1-13-9-14(2)28-19(24-13)17(11-23-28)21(29)27-8-4-6-16(12-27)20-25-18(26-30-20)15-5-3-7-22-10-15/h3,5,7,9-11,16H,4,6,8,12H2,1-2H3/t16-/m1/s1. The van der Waals surface area contributed by atoms with Gasteiger partial charge in [0, 0.05) is 42.4 Å². The summed E-state index contributed by atoms with van der Waals surface area (Å²) in [5.74, 6) is 0.994. The van der Waals surface area contributed by atoms with Crippen molar-refractivity contribution >= 4 is 11.6 Å². The Bertz CT molecular complexity index is 1210. The highest BCUT2D eigenvalue weighted by atomic mass is 16.5. The van der Waals surface area contributed by atoms with Crippen molar-refractivity contribution in [3.8, 4) is 11.4 Å². The highest BCUT2D eigenvalue weighted by Gasteiger charge is 2.30. The van der Waals surface area contributed by atoms with E-state index in [9.17, 15) is 4.79 Å². The summed E-state index contributed by atoms with van der Waals surface area (Å²) < 4.78 is 7.23. The first-order valence-electron chi connectivity index (χ1n) is 9.95. The van der Waals surface area contributed by atoms with Gasteiger partial charge >= 0.3 is 0 Å². The fraction of sp³-hybridized carbons (Fsp3) is 0.333. The Morgan fingerprint density at radius 2 is 2.13 bits per heavy atom. The van der Waals surface area contributed by atoms with Crippen molar-refractivity contribution < 1.29 is 9.32 Å². The lowest BCUT2D eigenvalue weighted by Crippen LogP contribution is -2.39. The molecule has 152 valence electrons. The maximum atomic E-state index is 13.3. The molecule has 4 aromatic rings. The topological polar surface area (TPSA) is 102 Å². The van der Waals surface area contributed by atoms with E-state index in [2.05, 4.69) is 25.2 Å². The van der Waals surface area contributed by atoms with Crippen LogP contribution in [-0.4, -0.2) is 53.6 Å². The summed E-state index contributed by atoms with van der Waals surface area (Å²) in [5.41, 5.74) is 3.72. The number of pyridine rings is 1. The molecular formula is C21H21N7O2. The average Bonchev–Trinajstić information content (AvgIpc) is 3.42. The Kier molecular flexibility index (Phi) is 4.50. The van der Waals surface area contributed by atoms with Gasteiger partial charge < -0.3 is 9.42 Å². The molecule has 0 saturated carbocycles. The minimum Gasteiger partial charge on any atom is -0.339 e. The maximum absolute atomic E-state index is 13.3. The zero-order chi connectivity index (χ0) is 20.7. The maximum Gasteiger partial charge on any atom is 0.259 e. The molecule has 1 aliphatic heterocycles. The Hall–Kier alpha value is -3.62. The van der Waals surface area contributed by atoms with Crippen molar-refractivity contribution in [2.75, 3.05) is 13.1 Å². The average molecular weight is 403 g/mol. The third kappa shape index (κ3) is 3.22. The smallest absolute Gasteiger partial charge is 0.259 e. The Morgan fingerprint density at radius 1 is 1.23 bits per heavy atom. The number of aromatic nitrogens is 6. The second-order valence-corrected chi connectivity index (χ2v) is 7.62. The van der Waals surface area contributed by atoms with Crippen molar-refractivity contribution in [3.63, 3.8) is 0 Å². The van der Waals surface area contributed by atoms with Crippen LogP contribution in [0.5, 0.6) is 0 Å². The van der Waals surface area contributed by atoms with E-state index >= 15 is 0 Å². The third-order valence-corrected chi connectivity index (χ3v) is 5.43. The largest absolute Gasteiger partial charge is 0.339 e. The van der Waals surface area contributed by atoms with Gasteiger partial charge in [0.15, 0.2) is 5.65 Å². The van der Waals surface area contributed by atoms with E-state index in [4.69, 9.17) is 4.52 Å². The molecule has 5 heterocycles. The molecule has 9 nitrogen and oxygen atoms in total. The summed E-state index contributed by atoms with van der Waals surface area (Å²) in [6.07, 6.45) is 6.77. The van der Waals surface area contributed by atoms with Crippen LogP contribution in [0.4, 0.5) is 0 Å². The number of hydrogen-bond acceptors (Lipinski definition) is 7. The van der Waals surface area contributed by atoms with Crippen LogP contribution in [-0.2, 0) is 0 Å². The van der Waals surface area contributed by atoms with E-state index in [1.807, 2.05) is 36.9 Å². The summed E-state index contributed by atoms with van der Waals surface area (Å²) in [7, 11) is 0. The van der Waals surface area contributed by atoms with Gasteiger partial charge in [-0.3, -0.25) is 9.78 Å². The van der Waals surface area contributed by atoms with E-state index in [1.54, 1.807) is 23.1 Å². The van der Waals surface area contributed by atoms with Gasteiger partial charge in [-0.15, -0.1) is 0 Å². The number of fused-ring (bicyclic) bond motifs is 1. The van der Waals surface area contributed by atoms with Crippen molar-refractivity contribution in [2.24, 2.45) is 0 Å². The van der Waals surface area contributed by atoms with Gasteiger partial charge in [0.25, 0.3) is 5.91 Å². The van der Waals surface area contributed by atoms with E-state index in [-0.39, 0.29) is 11.8 Å². The predicted octanol–water partition coefficient (Wildman–Crippen LogP) is 2.81. The molecule has 0 unspecified atom stereocenters. The minimum absolute atomic E-state index is 0.00103. The SMILES string of the molecule is Cc1cc(C)n2ncc(C(=O)N3CCC[C@@H](c4nc(-c5cccnc5)no4)C3)c2n1. The number of piperidine rings is 1. The summed E-state index contributed by atoms with van der Waals surface area (Å²) >= 11 is 0. The van der Waals surface area contributed by atoms with Gasteiger partial charge in [-0.25, -0.2) is 9.50 Å². The highest BCUT2D eigenvalue weighted by molar-refractivity contribution is 5.99. The molecule has 0 radical (unpaired) electrons. The second kappa shape index (κ2) is 7.33. The fourth-order valence-corrected chi connectivity index (χ4v) is 3.97. The summed E-state index contributed by atoms with van der Waals surface area (Å²) in [6, 6.07) is 5.67. The number of rotatable bonds is 3. The van der Waals surface area contributed by atoms with Crippen LogP contribution in [0.15, 0.2) is 41.3 Å². The lowest BCUT2D eigenvalue weighted by molar-refractivity contribution is 0.0697.